The number of nitrogens with zero attached hydrogens (tertiary/aromatic N) is 2. The highest BCUT2D eigenvalue weighted by Crippen LogP contribution is 2.18. The van der Waals surface area contributed by atoms with Crippen LogP contribution in [0.1, 0.15) is 17.5 Å². The van der Waals surface area contributed by atoms with Crippen molar-refractivity contribution in [3.8, 4) is 5.75 Å². The van der Waals surface area contributed by atoms with E-state index in [1.54, 1.807) is 6.92 Å². The van der Waals surface area contributed by atoms with E-state index >= 15 is 0 Å². The van der Waals surface area contributed by atoms with Gasteiger partial charge in [0.25, 0.3) is 5.69 Å². The summed E-state index contributed by atoms with van der Waals surface area (Å²) in [7, 11) is 0. The fraction of sp³-hybridized carbons (Fsp3) is 0.312. The highest BCUT2D eigenvalue weighted by Gasteiger charge is 2.08. The SMILES string of the molecule is Cc1cccc(OCCCNc2ncc([N+](=O)[O-])cc2C)c1. The van der Waals surface area contributed by atoms with E-state index in [1.807, 2.05) is 31.2 Å². The number of benzene rings is 1. The number of nitro groups is 1. The fourth-order valence-corrected chi connectivity index (χ4v) is 2.02. The van der Waals surface area contributed by atoms with E-state index in [-0.39, 0.29) is 5.69 Å². The lowest BCUT2D eigenvalue weighted by atomic mass is 10.2. The Morgan fingerprint density at radius 3 is 2.82 bits per heavy atom. The Balaban J connectivity index is 1.76. The summed E-state index contributed by atoms with van der Waals surface area (Å²) < 4.78 is 5.66. The van der Waals surface area contributed by atoms with E-state index in [0.29, 0.717) is 19.0 Å². The molecule has 0 spiro atoms. The summed E-state index contributed by atoms with van der Waals surface area (Å²) >= 11 is 0. The van der Waals surface area contributed by atoms with E-state index in [0.717, 1.165) is 17.7 Å². The second-order valence-electron chi connectivity index (χ2n) is 5.06. The van der Waals surface area contributed by atoms with Crippen LogP contribution in [0.15, 0.2) is 36.5 Å². The second kappa shape index (κ2) is 7.40. The van der Waals surface area contributed by atoms with Crippen molar-refractivity contribution in [1.29, 1.82) is 0 Å². The summed E-state index contributed by atoms with van der Waals surface area (Å²) in [6.07, 6.45) is 2.07. The standard InChI is InChI=1S/C16H19N3O3/c1-12-5-3-6-15(9-12)22-8-4-7-17-16-13(2)10-14(11-18-16)19(20)21/h3,5-6,9-11H,4,7-8H2,1-2H3,(H,17,18). The smallest absolute Gasteiger partial charge is 0.287 e. The Labute approximate surface area is 129 Å². The van der Waals surface area contributed by atoms with Crippen molar-refractivity contribution in [2.24, 2.45) is 0 Å². The molecule has 2 rings (SSSR count). The predicted octanol–water partition coefficient (Wildman–Crippen LogP) is 3.49. The number of ether oxygens (including phenoxy) is 1. The van der Waals surface area contributed by atoms with Gasteiger partial charge in [-0.05, 0) is 43.5 Å². The molecule has 116 valence electrons. The molecule has 0 aliphatic carbocycles. The minimum atomic E-state index is -0.445. The molecule has 0 bridgehead atoms. The van der Waals surface area contributed by atoms with Crippen LogP contribution in [0.5, 0.6) is 5.75 Å². The lowest BCUT2D eigenvalue weighted by Gasteiger charge is -2.09. The predicted molar refractivity (Wildman–Crippen MR) is 85.4 cm³/mol. The van der Waals surface area contributed by atoms with Crippen molar-refractivity contribution in [1.82, 2.24) is 4.98 Å². The van der Waals surface area contributed by atoms with Gasteiger partial charge in [-0.15, -0.1) is 0 Å². The third-order valence-electron chi connectivity index (χ3n) is 3.15. The molecule has 2 aromatic rings. The first-order valence-electron chi connectivity index (χ1n) is 7.10. The van der Waals surface area contributed by atoms with E-state index in [4.69, 9.17) is 4.74 Å². The molecule has 0 radical (unpaired) electrons. The van der Waals surface area contributed by atoms with Gasteiger partial charge < -0.3 is 10.1 Å². The van der Waals surface area contributed by atoms with Crippen LogP contribution in [0.25, 0.3) is 0 Å². The zero-order valence-corrected chi connectivity index (χ0v) is 12.7. The molecule has 0 aliphatic heterocycles. The number of aromatic nitrogens is 1. The van der Waals surface area contributed by atoms with E-state index in [2.05, 4.69) is 10.3 Å². The molecule has 1 aromatic carbocycles. The monoisotopic (exact) mass is 301 g/mol. The van der Waals surface area contributed by atoms with Crippen molar-refractivity contribution in [2.45, 2.75) is 20.3 Å². The van der Waals surface area contributed by atoms with Crippen LogP contribution in [0.3, 0.4) is 0 Å². The van der Waals surface area contributed by atoms with Crippen molar-refractivity contribution in [3.05, 3.63) is 57.8 Å². The first-order chi connectivity index (χ1) is 10.6. The van der Waals surface area contributed by atoms with Crippen LogP contribution in [0.4, 0.5) is 11.5 Å². The summed E-state index contributed by atoms with van der Waals surface area (Å²) in [5, 5.41) is 13.8. The summed E-state index contributed by atoms with van der Waals surface area (Å²) in [5.74, 6) is 1.53. The fourth-order valence-electron chi connectivity index (χ4n) is 2.02. The number of anilines is 1. The van der Waals surface area contributed by atoms with Crippen LogP contribution in [-0.2, 0) is 0 Å². The van der Waals surface area contributed by atoms with Crippen molar-refractivity contribution in [3.63, 3.8) is 0 Å². The quantitative estimate of drug-likeness (QED) is 0.481. The van der Waals surface area contributed by atoms with E-state index in [9.17, 15) is 10.1 Å². The van der Waals surface area contributed by atoms with Gasteiger partial charge in [-0.2, -0.15) is 0 Å². The van der Waals surface area contributed by atoms with Gasteiger partial charge in [0.1, 0.15) is 17.8 Å². The molecule has 0 saturated heterocycles. The summed E-state index contributed by atoms with van der Waals surface area (Å²) in [5.41, 5.74) is 1.93. The van der Waals surface area contributed by atoms with Crippen molar-refractivity contribution in [2.75, 3.05) is 18.5 Å². The summed E-state index contributed by atoms with van der Waals surface area (Å²) in [6.45, 7) is 5.11. The Kier molecular flexibility index (Phi) is 5.30. The molecule has 0 amide bonds. The van der Waals surface area contributed by atoms with Crippen molar-refractivity contribution < 1.29 is 9.66 Å². The van der Waals surface area contributed by atoms with Crippen LogP contribution in [0.2, 0.25) is 0 Å². The highest BCUT2D eigenvalue weighted by molar-refractivity contribution is 5.48. The van der Waals surface area contributed by atoms with Gasteiger partial charge in [-0.3, -0.25) is 10.1 Å². The third-order valence-corrected chi connectivity index (χ3v) is 3.15. The lowest BCUT2D eigenvalue weighted by Crippen LogP contribution is -2.09. The largest absolute Gasteiger partial charge is 0.494 e. The molecule has 1 heterocycles. The molecule has 22 heavy (non-hydrogen) atoms. The highest BCUT2D eigenvalue weighted by atomic mass is 16.6. The Morgan fingerprint density at radius 1 is 1.32 bits per heavy atom. The van der Waals surface area contributed by atoms with Crippen LogP contribution in [0, 0.1) is 24.0 Å². The molecule has 1 N–H and O–H groups in total. The van der Waals surface area contributed by atoms with Gasteiger partial charge in [-0.25, -0.2) is 4.98 Å². The van der Waals surface area contributed by atoms with Gasteiger partial charge in [0, 0.05) is 12.6 Å². The van der Waals surface area contributed by atoms with Crippen molar-refractivity contribution >= 4 is 11.5 Å². The second-order valence-corrected chi connectivity index (χ2v) is 5.06. The molecule has 6 nitrogen and oxygen atoms in total. The Hall–Kier alpha value is -2.63. The number of hydrogen-bond acceptors (Lipinski definition) is 5. The first-order valence-corrected chi connectivity index (χ1v) is 7.10. The first kappa shape index (κ1) is 15.8. The number of aryl methyl sites for hydroxylation is 2. The summed E-state index contributed by atoms with van der Waals surface area (Å²) in [4.78, 5) is 14.3. The zero-order chi connectivity index (χ0) is 15.9. The van der Waals surface area contributed by atoms with Gasteiger partial charge in [-0.1, -0.05) is 12.1 Å². The normalized spacial score (nSPS) is 10.3. The maximum Gasteiger partial charge on any atom is 0.287 e. The van der Waals surface area contributed by atoms with Gasteiger partial charge >= 0.3 is 0 Å². The molecular formula is C16H19N3O3. The van der Waals surface area contributed by atoms with Crippen LogP contribution >= 0.6 is 0 Å². The molecule has 0 saturated carbocycles. The number of hydrogen-bond donors (Lipinski definition) is 1. The van der Waals surface area contributed by atoms with Gasteiger partial charge in [0.2, 0.25) is 0 Å². The molecule has 0 aliphatic rings. The van der Waals surface area contributed by atoms with E-state index < -0.39 is 4.92 Å². The molecule has 0 unspecified atom stereocenters. The molecular weight excluding hydrogens is 282 g/mol. The maximum atomic E-state index is 10.7. The molecule has 6 heteroatoms. The molecule has 0 atom stereocenters. The minimum Gasteiger partial charge on any atom is -0.494 e. The third kappa shape index (κ3) is 4.44. The summed E-state index contributed by atoms with van der Waals surface area (Å²) in [6, 6.07) is 9.43. The number of pyridine rings is 1. The Bertz CT molecular complexity index is 659. The van der Waals surface area contributed by atoms with Crippen LogP contribution in [-0.4, -0.2) is 23.1 Å². The van der Waals surface area contributed by atoms with Gasteiger partial charge in [0.15, 0.2) is 0 Å². The number of nitrogens with one attached hydrogen (secondary N) is 1. The molecule has 1 aromatic heterocycles. The van der Waals surface area contributed by atoms with Crippen LogP contribution < -0.4 is 10.1 Å². The molecule has 0 fully saturated rings. The lowest BCUT2D eigenvalue weighted by molar-refractivity contribution is -0.385. The topological polar surface area (TPSA) is 77.3 Å². The zero-order valence-electron chi connectivity index (χ0n) is 12.7. The minimum absolute atomic E-state index is 0.00540. The average molecular weight is 301 g/mol. The Morgan fingerprint density at radius 2 is 2.14 bits per heavy atom. The van der Waals surface area contributed by atoms with E-state index in [1.165, 1.54) is 17.8 Å². The number of rotatable bonds is 7. The average Bonchev–Trinajstić information content (AvgIpc) is 2.48. The maximum absolute atomic E-state index is 10.7. The van der Waals surface area contributed by atoms with Gasteiger partial charge in [0.05, 0.1) is 11.5 Å².